The minimum absolute atomic E-state index is 0.0469. The van der Waals surface area contributed by atoms with E-state index in [0.717, 1.165) is 21.1 Å². The predicted molar refractivity (Wildman–Crippen MR) is 73.6 cm³/mol. The number of hydrogen-bond acceptors (Lipinski definition) is 3. The summed E-state index contributed by atoms with van der Waals surface area (Å²) in [6, 6.07) is 9.91. The average Bonchev–Trinajstić information content (AvgIpc) is 2.67. The summed E-state index contributed by atoms with van der Waals surface area (Å²) < 4.78 is 0. The summed E-state index contributed by atoms with van der Waals surface area (Å²) in [4.78, 5) is 17.2. The van der Waals surface area contributed by atoms with E-state index in [0.29, 0.717) is 13.0 Å². The molecule has 0 aliphatic carbocycles. The van der Waals surface area contributed by atoms with Crippen molar-refractivity contribution in [3.05, 3.63) is 51.5 Å². The first-order valence-electron chi connectivity index (χ1n) is 5.88. The molecule has 0 aliphatic rings. The quantitative estimate of drug-likeness (QED) is 0.918. The number of nitrogens with zero attached hydrogens (tertiary/aromatic N) is 1. The van der Waals surface area contributed by atoms with Crippen LogP contribution in [0.5, 0.6) is 0 Å². The van der Waals surface area contributed by atoms with Gasteiger partial charge in [0.15, 0.2) is 0 Å². The van der Waals surface area contributed by atoms with Crippen molar-refractivity contribution < 1.29 is 4.79 Å². The van der Waals surface area contributed by atoms with Crippen molar-refractivity contribution in [2.75, 3.05) is 0 Å². The monoisotopic (exact) mass is 260 g/mol. The zero-order chi connectivity index (χ0) is 13.0. The Kier molecular flexibility index (Phi) is 4.10. The number of carbonyl (C=O) groups excluding carboxylic acids is 1. The van der Waals surface area contributed by atoms with Crippen molar-refractivity contribution in [3.8, 4) is 0 Å². The Balaban J connectivity index is 1.88. The van der Waals surface area contributed by atoms with E-state index in [1.165, 1.54) is 0 Å². The van der Waals surface area contributed by atoms with Gasteiger partial charge in [0.05, 0.1) is 17.1 Å². The van der Waals surface area contributed by atoms with E-state index < -0.39 is 0 Å². The number of benzene rings is 1. The molecule has 4 heteroatoms. The van der Waals surface area contributed by atoms with Crippen molar-refractivity contribution in [3.63, 3.8) is 0 Å². The Morgan fingerprint density at radius 3 is 2.61 bits per heavy atom. The van der Waals surface area contributed by atoms with Crippen LogP contribution in [0.3, 0.4) is 0 Å². The molecule has 0 radical (unpaired) electrons. The Morgan fingerprint density at radius 1 is 1.28 bits per heavy atom. The van der Waals surface area contributed by atoms with Gasteiger partial charge in [-0.05, 0) is 19.4 Å². The summed E-state index contributed by atoms with van der Waals surface area (Å²) in [5, 5.41) is 3.94. The SMILES string of the molecule is Cc1nc(C)c(CC(=O)NCc2ccccc2)s1. The fourth-order valence-electron chi connectivity index (χ4n) is 1.74. The van der Waals surface area contributed by atoms with Crippen molar-refractivity contribution in [1.82, 2.24) is 10.3 Å². The second-order valence-corrected chi connectivity index (χ2v) is 5.47. The molecule has 0 fully saturated rings. The zero-order valence-electron chi connectivity index (χ0n) is 10.6. The molecule has 1 N–H and O–H groups in total. The third-order valence-electron chi connectivity index (χ3n) is 2.65. The number of thiazole rings is 1. The third-order valence-corrected chi connectivity index (χ3v) is 3.73. The van der Waals surface area contributed by atoms with Crippen LogP contribution in [0.2, 0.25) is 0 Å². The molecule has 1 aromatic heterocycles. The topological polar surface area (TPSA) is 42.0 Å². The van der Waals surface area contributed by atoms with Gasteiger partial charge >= 0.3 is 0 Å². The maximum atomic E-state index is 11.8. The van der Waals surface area contributed by atoms with E-state index in [1.54, 1.807) is 11.3 Å². The Bertz CT molecular complexity index is 534. The number of nitrogens with one attached hydrogen (secondary N) is 1. The summed E-state index contributed by atoms with van der Waals surface area (Å²) >= 11 is 1.59. The highest BCUT2D eigenvalue weighted by Crippen LogP contribution is 2.17. The van der Waals surface area contributed by atoms with Crippen LogP contribution in [-0.2, 0) is 17.8 Å². The maximum absolute atomic E-state index is 11.8. The molecule has 3 nitrogen and oxygen atoms in total. The molecule has 2 aromatic rings. The third kappa shape index (κ3) is 3.40. The lowest BCUT2D eigenvalue weighted by Gasteiger charge is -2.04. The van der Waals surface area contributed by atoms with Crippen LogP contribution in [0.4, 0.5) is 0 Å². The Hall–Kier alpha value is -1.68. The Morgan fingerprint density at radius 2 is 2.00 bits per heavy atom. The van der Waals surface area contributed by atoms with Gasteiger partial charge in [0.1, 0.15) is 0 Å². The van der Waals surface area contributed by atoms with Gasteiger partial charge in [0.2, 0.25) is 5.91 Å². The lowest BCUT2D eigenvalue weighted by molar-refractivity contribution is -0.120. The summed E-state index contributed by atoms with van der Waals surface area (Å²) in [6.07, 6.45) is 0.421. The second-order valence-electron chi connectivity index (χ2n) is 4.18. The molecule has 94 valence electrons. The predicted octanol–water partition coefficient (Wildman–Crippen LogP) is 2.62. The zero-order valence-corrected chi connectivity index (χ0v) is 11.4. The van der Waals surface area contributed by atoms with Crippen LogP contribution >= 0.6 is 11.3 Å². The molecule has 1 heterocycles. The molecule has 1 aromatic carbocycles. The first-order valence-corrected chi connectivity index (χ1v) is 6.70. The molecule has 0 unspecified atom stereocenters. The fourth-order valence-corrected chi connectivity index (χ4v) is 2.68. The van der Waals surface area contributed by atoms with E-state index in [-0.39, 0.29) is 5.91 Å². The number of rotatable bonds is 4. The largest absolute Gasteiger partial charge is 0.352 e. The lowest BCUT2D eigenvalue weighted by Crippen LogP contribution is -2.24. The van der Waals surface area contributed by atoms with Crippen LogP contribution < -0.4 is 5.32 Å². The van der Waals surface area contributed by atoms with Crippen LogP contribution in [-0.4, -0.2) is 10.9 Å². The second kappa shape index (κ2) is 5.78. The minimum Gasteiger partial charge on any atom is -0.352 e. The van der Waals surface area contributed by atoms with E-state index >= 15 is 0 Å². The molecule has 0 bridgehead atoms. The average molecular weight is 260 g/mol. The van der Waals surface area contributed by atoms with Crippen molar-refractivity contribution in [2.45, 2.75) is 26.8 Å². The molecule has 1 amide bonds. The van der Waals surface area contributed by atoms with Gasteiger partial charge < -0.3 is 5.32 Å². The number of carbonyl (C=O) groups is 1. The summed E-state index contributed by atoms with van der Waals surface area (Å²) in [5.41, 5.74) is 2.08. The van der Waals surface area contributed by atoms with E-state index in [1.807, 2.05) is 44.2 Å². The molecule has 0 aliphatic heterocycles. The smallest absolute Gasteiger partial charge is 0.225 e. The number of aromatic nitrogens is 1. The van der Waals surface area contributed by atoms with Gasteiger partial charge in [-0.25, -0.2) is 4.98 Å². The molecular formula is C14H16N2OS. The van der Waals surface area contributed by atoms with Gasteiger partial charge in [-0.2, -0.15) is 0 Å². The summed E-state index contributed by atoms with van der Waals surface area (Å²) in [5.74, 6) is 0.0469. The minimum atomic E-state index is 0.0469. The highest BCUT2D eigenvalue weighted by molar-refractivity contribution is 7.11. The molecule has 18 heavy (non-hydrogen) atoms. The highest BCUT2D eigenvalue weighted by Gasteiger charge is 2.09. The summed E-state index contributed by atoms with van der Waals surface area (Å²) in [6.45, 7) is 4.49. The molecule has 0 saturated carbocycles. The molecule has 2 rings (SSSR count). The highest BCUT2D eigenvalue weighted by atomic mass is 32.1. The molecule has 0 spiro atoms. The van der Waals surface area contributed by atoms with Gasteiger partial charge in [-0.15, -0.1) is 11.3 Å². The van der Waals surface area contributed by atoms with E-state index in [4.69, 9.17) is 0 Å². The van der Waals surface area contributed by atoms with Gasteiger partial charge in [-0.1, -0.05) is 30.3 Å². The van der Waals surface area contributed by atoms with Gasteiger partial charge in [-0.3, -0.25) is 4.79 Å². The van der Waals surface area contributed by atoms with Gasteiger partial charge in [0.25, 0.3) is 0 Å². The number of amides is 1. The Labute approximate surface area is 111 Å². The van der Waals surface area contributed by atoms with E-state index in [2.05, 4.69) is 10.3 Å². The van der Waals surface area contributed by atoms with Crippen LogP contribution in [0.15, 0.2) is 30.3 Å². The fraction of sp³-hybridized carbons (Fsp3) is 0.286. The lowest BCUT2D eigenvalue weighted by atomic mass is 10.2. The maximum Gasteiger partial charge on any atom is 0.225 e. The first-order chi connectivity index (χ1) is 8.65. The van der Waals surface area contributed by atoms with E-state index in [9.17, 15) is 4.79 Å². The van der Waals surface area contributed by atoms with Gasteiger partial charge in [0, 0.05) is 11.4 Å². The van der Waals surface area contributed by atoms with Crippen molar-refractivity contribution >= 4 is 17.2 Å². The molecule has 0 atom stereocenters. The molecule has 0 saturated heterocycles. The van der Waals surface area contributed by atoms with Crippen molar-refractivity contribution in [2.24, 2.45) is 0 Å². The van der Waals surface area contributed by atoms with Crippen molar-refractivity contribution in [1.29, 1.82) is 0 Å². The normalized spacial score (nSPS) is 10.3. The molecular weight excluding hydrogens is 244 g/mol. The van der Waals surface area contributed by atoms with Crippen LogP contribution in [0, 0.1) is 13.8 Å². The standard InChI is InChI=1S/C14H16N2OS/c1-10-13(18-11(2)16-10)8-14(17)15-9-12-6-4-3-5-7-12/h3-7H,8-9H2,1-2H3,(H,15,17). The first kappa shape index (κ1) is 12.8. The number of aryl methyl sites for hydroxylation is 2. The summed E-state index contributed by atoms with van der Waals surface area (Å²) in [7, 11) is 0. The van der Waals surface area contributed by atoms with Crippen LogP contribution in [0.1, 0.15) is 21.1 Å². The van der Waals surface area contributed by atoms with Crippen LogP contribution in [0.25, 0.3) is 0 Å². The number of hydrogen-bond donors (Lipinski definition) is 1.